The lowest BCUT2D eigenvalue weighted by atomic mass is 9.89. The van der Waals surface area contributed by atoms with Crippen molar-refractivity contribution in [2.24, 2.45) is 0 Å². The molecule has 2 aliphatic rings. The Kier molecular flexibility index (Phi) is 8.14. The highest BCUT2D eigenvalue weighted by Gasteiger charge is 2.22. The molecule has 2 aromatic carbocycles. The first-order valence-electron chi connectivity index (χ1n) is 11.9. The zero-order chi connectivity index (χ0) is 23.0. The van der Waals surface area contributed by atoms with Crippen LogP contribution in [0.4, 0.5) is 14.5 Å². The van der Waals surface area contributed by atoms with Crippen molar-refractivity contribution >= 4 is 5.69 Å². The molecule has 4 rings (SSSR count). The molecule has 0 atom stereocenters. The third kappa shape index (κ3) is 6.21. The van der Waals surface area contributed by atoms with E-state index in [1.165, 1.54) is 17.7 Å². The number of halogens is 2. The fraction of sp³-hybridized carbons (Fsp3) is 0.500. The first-order valence-corrected chi connectivity index (χ1v) is 11.9. The highest BCUT2D eigenvalue weighted by atomic mass is 19.3. The van der Waals surface area contributed by atoms with E-state index in [0.29, 0.717) is 5.92 Å². The maximum Gasteiger partial charge on any atom is 0.265 e. The summed E-state index contributed by atoms with van der Waals surface area (Å²) in [7, 11) is 0. The maximum absolute atomic E-state index is 13.3. The number of benzene rings is 2. The second-order valence-electron chi connectivity index (χ2n) is 8.81. The predicted molar refractivity (Wildman–Crippen MR) is 126 cm³/mol. The lowest BCUT2D eigenvalue weighted by molar-refractivity contribution is 0.151. The SMILES string of the molecule is N#Cc1ccc(N2CCC(c3ccc(OCCCN4CCNCC4)cc3)CC2)cc1C(F)F. The van der Waals surface area contributed by atoms with Crippen LogP contribution < -0.4 is 15.0 Å². The van der Waals surface area contributed by atoms with Gasteiger partial charge in [0.15, 0.2) is 0 Å². The molecule has 1 N–H and O–H groups in total. The van der Waals surface area contributed by atoms with Crippen LogP contribution in [0, 0.1) is 11.3 Å². The Labute approximate surface area is 194 Å². The Bertz CT molecular complexity index is 930. The number of piperazine rings is 1. The largest absolute Gasteiger partial charge is 0.494 e. The van der Waals surface area contributed by atoms with Crippen molar-refractivity contribution < 1.29 is 13.5 Å². The first kappa shape index (κ1) is 23.5. The number of alkyl halides is 2. The summed E-state index contributed by atoms with van der Waals surface area (Å²) in [6.45, 7) is 7.81. The normalized spacial score (nSPS) is 17.8. The molecule has 2 saturated heterocycles. The Morgan fingerprint density at radius 2 is 1.76 bits per heavy atom. The minimum absolute atomic E-state index is 0.0507. The second kappa shape index (κ2) is 11.4. The number of rotatable bonds is 8. The zero-order valence-corrected chi connectivity index (χ0v) is 19.0. The number of hydrogen-bond acceptors (Lipinski definition) is 5. The zero-order valence-electron chi connectivity index (χ0n) is 19.0. The number of nitrogens with zero attached hydrogens (tertiary/aromatic N) is 3. The van der Waals surface area contributed by atoms with Crippen molar-refractivity contribution in [2.75, 3.05) is 57.3 Å². The summed E-state index contributed by atoms with van der Waals surface area (Å²) in [5, 5.41) is 12.4. The van der Waals surface area contributed by atoms with Gasteiger partial charge in [-0.2, -0.15) is 5.26 Å². The van der Waals surface area contributed by atoms with Crippen molar-refractivity contribution in [2.45, 2.75) is 31.6 Å². The molecule has 0 saturated carbocycles. The molecular weight excluding hydrogens is 422 g/mol. The molecule has 0 aliphatic carbocycles. The summed E-state index contributed by atoms with van der Waals surface area (Å²) in [6, 6.07) is 15.0. The molecule has 0 amide bonds. The molecule has 2 heterocycles. The van der Waals surface area contributed by atoms with E-state index in [9.17, 15) is 8.78 Å². The van der Waals surface area contributed by atoms with E-state index in [0.717, 1.165) is 83.1 Å². The van der Waals surface area contributed by atoms with Crippen LogP contribution in [0.2, 0.25) is 0 Å². The van der Waals surface area contributed by atoms with Gasteiger partial charge in [0.05, 0.1) is 18.2 Å². The Morgan fingerprint density at radius 3 is 2.42 bits per heavy atom. The predicted octanol–water partition coefficient (Wildman–Crippen LogP) is 4.55. The van der Waals surface area contributed by atoms with Gasteiger partial charge in [0.1, 0.15) is 5.75 Å². The van der Waals surface area contributed by atoms with Crippen LogP contribution >= 0.6 is 0 Å². The fourth-order valence-electron chi connectivity index (χ4n) is 4.75. The number of hydrogen-bond donors (Lipinski definition) is 1. The Morgan fingerprint density at radius 1 is 1.03 bits per heavy atom. The van der Waals surface area contributed by atoms with Gasteiger partial charge in [-0.1, -0.05) is 12.1 Å². The third-order valence-electron chi connectivity index (χ3n) is 6.70. The molecule has 7 heteroatoms. The number of nitriles is 1. The highest BCUT2D eigenvalue weighted by Crippen LogP contribution is 2.33. The Balaban J connectivity index is 1.24. The molecular formula is C26H32F2N4O. The molecule has 0 unspecified atom stereocenters. The number of anilines is 1. The van der Waals surface area contributed by atoms with E-state index < -0.39 is 6.43 Å². The fourth-order valence-corrected chi connectivity index (χ4v) is 4.75. The van der Waals surface area contributed by atoms with Crippen molar-refractivity contribution in [3.05, 3.63) is 59.2 Å². The molecule has 2 aliphatic heterocycles. The second-order valence-corrected chi connectivity index (χ2v) is 8.81. The number of piperidine rings is 1. The summed E-state index contributed by atoms with van der Waals surface area (Å²) in [4.78, 5) is 4.61. The van der Waals surface area contributed by atoms with E-state index in [2.05, 4.69) is 39.4 Å². The summed E-state index contributed by atoms with van der Waals surface area (Å²) in [6.07, 6.45) is 0.326. The van der Waals surface area contributed by atoms with Gasteiger partial charge in [-0.25, -0.2) is 8.78 Å². The van der Waals surface area contributed by atoms with Gasteiger partial charge in [0.25, 0.3) is 6.43 Å². The lowest BCUT2D eigenvalue weighted by Crippen LogP contribution is -2.43. The molecule has 0 radical (unpaired) electrons. The van der Waals surface area contributed by atoms with Crippen LogP contribution in [0.15, 0.2) is 42.5 Å². The van der Waals surface area contributed by atoms with E-state index in [4.69, 9.17) is 10.00 Å². The molecule has 0 bridgehead atoms. The van der Waals surface area contributed by atoms with Gasteiger partial charge in [-0.3, -0.25) is 0 Å². The average Bonchev–Trinajstić information content (AvgIpc) is 2.87. The summed E-state index contributed by atoms with van der Waals surface area (Å²) >= 11 is 0. The van der Waals surface area contributed by atoms with Crippen molar-refractivity contribution in [3.63, 3.8) is 0 Å². The molecule has 0 aromatic heterocycles. The van der Waals surface area contributed by atoms with Crippen LogP contribution in [-0.2, 0) is 0 Å². The monoisotopic (exact) mass is 454 g/mol. The number of nitrogens with one attached hydrogen (secondary N) is 1. The summed E-state index contributed by atoms with van der Waals surface area (Å²) in [5.74, 6) is 1.37. The van der Waals surface area contributed by atoms with Crippen molar-refractivity contribution in [1.82, 2.24) is 10.2 Å². The lowest BCUT2D eigenvalue weighted by Gasteiger charge is -2.34. The van der Waals surface area contributed by atoms with Gasteiger partial charge in [-0.15, -0.1) is 0 Å². The van der Waals surface area contributed by atoms with E-state index in [1.54, 1.807) is 6.07 Å². The molecule has 0 spiro atoms. The Hall–Kier alpha value is -2.69. The molecule has 2 fully saturated rings. The minimum Gasteiger partial charge on any atom is -0.494 e. The van der Waals surface area contributed by atoms with Gasteiger partial charge in [0.2, 0.25) is 0 Å². The first-order chi connectivity index (χ1) is 16.1. The van der Waals surface area contributed by atoms with Gasteiger partial charge < -0.3 is 19.9 Å². The molecule has 2 aromatic rings. The van der Waals surface area contributed by atoms with E-state index in [-0.39, 0.29) is 11.1 Å². The highest BCUT2D eigenvalue weighted by molar-refractivity contribution is 5.54. The minimum atomic E-state index is -2.64. The van der Waals surface area contributed by atoms with Crippen LogP contribution in [0.1, 0.15) is 48.3 Å². The average molecular weight is 455 g/mol. The van der Waals surface area contributed by atoms with Gasteiger partial charge in [0, 0.05) is 57.1 Å². The molecule has 5 nitrogen and oxygen atoms in total. The third-order valence-corrected chi connectivity index (χ3v) is 6.70. The van der Waals surface area contributed by atoms with Gasteiger partial charge >= 0.3 is 0 Å². The number of ether oxygens (including phenoxy) is 1. The summed E-state index contributed by atoms with van der Waals surface area (Å²) < 4.78 is 32.5. The van der Waals surface area contributed by atoms with Crippen LogP contribution in [0.3, 0.4) is 0 Å². The standard InChI is InChI=1S/C26H32F2N4O/c27-26(28)25-18-23(5-2-22(25)19-29)32-13-8-21(9-14-32)20-3-6-24(7-4-20)33-17-1-12-31-15-10-30-11-16-31/h2-7,18,21,26,30H,1,8-17H2. The van der Waals surface area contributed by atoms with E-state index in [1.807, 2.05) is 6.07 Å². The smallest absolute Gasteiger partial charge is 0.265 e. The van der Waals surface area contributed by atoms with E-state index >= 15 is 0 Å². The van der Waals surface area contributed by atoms with Crippen LogP contribution in [-0.4, -0.2) is 57.3 Å². The van der Waals surface area contributed by atoms with Crippen molar-refractivity contribution in [1.29, 1.82) is 5.26 Å². The van der Waals surface area contributed by atoms with Crippen LogP contribution in [0.25, 0.3) is 0 Å². The summed E-state index contributed by atoms with van der Waals surface area (Å²) in [5.41, 5.74) is 1.94. The van der Waals surface area contributed by atoms with Crippen LogP contribution in [0.5, 0.6) is 5.75 Å². The molecule has 33 heavy (non-hydrogen) atoms. The maximum atomic E-state index is 13.3. The van der Waals surface area contributed by atoms with Gasteiger partial charge in [-0.05, 0) is 61.1 Å². The quantitative estimate of drug-likeness (QED) is 0.593. The topological polar surface area (TPSA) is 51.5 Å². The molecule has 176 valence electrons. The van der Waals surface area contributed by atoms with Crippen molar-refractivity contribution in [3.8, 4) is 11.8 Å².